The summed E-state index contributed by atoms with van der Waals surface area (Å²) in [5, 5.41) is 3.86. The Labute approximate surface area is 126 Å². The molecule has 0 aromatic carbocycles. The molecule has 1 atom stereocenters. The van der Waals surface area contributed by atoms with Crippen LogP contribution < -0.4 is 5.32 Å². The highest BCUT2D eigenvalue weighted by atomic mass is 15.3. The number of hydrogen-bond donors (Lipinski definition) is 1. The van der Waals surface area contributed by atoms with Crippen molar-refractivity contribution in [2.75, 3.05) is 19.6 Å². The molecule has 118 valence electrons. The molecule has 20 heavy (non-hydrogen) atoms. The fourth-order valence-corrected chi connectivity index (χ4v) is 3.76. The Morgan fingerprint density at radius 3 is 2.35 bits per heavy atom. The van der Waals surface area contributed by atoms with Gasteiger partial charge < -0.3 is 5.32 Å². The molecule has 0 amide bonds. The molecule has 1 heterocycles. The summed E-state index contributed by atoms with van der Waals surface area (Å²) >= 11 is 0. The Morgan fingerprint density at radius 2 is 1.75 bits per heavy atom. The van der Waals surface area contributed by atoms with Crippen LogP contribution in [0.1, 0.15) is 73.1 Å². The molecule has 2 aliphatic rings. The summed E-state index contributed by atoms with van der Waals surface area (Å²) in [5.74, 6) is 0.928. The number of nitrogens with one attached hydrogen (secondary N) is 1. The topological polar surface area (TPSA) is 15.3 Å². The smallest absolute Gasteiger partial charge is 0.0278 e. The number of piperazine rings is 1. The highest BCUT2D eigenvalue weighted by Crippen LogP contribution is 2.31. The van der Waals surface area contributed by atoms with Crippen molar-refractivity contribution in [3.05, 3.63) is 0 Å². The van der Waals surface area contributed by atoms with E-state index in [1.165, 1.54) is 51.6 Å². The van der Waals surface area contributed by atoms with E-state index in [1.807, 2.05) is 0 Å². The van der Waals surface area contributed by atoms with E-state index in [1.54, 1.807) is 0 Å². The molecule has 0 aromatic rings. The normalized spacial score (nSPS) is 29.6. The highest BCUT2D eigenvalue weighted by molar-refractivity contribution is 4.95. The molecule has 2 nitrogen and oxygen atoms in total. The maximum absolute atomic E-state index is 3.86. The van der Waals surface area contributed by atoms with Crippen LogP contribution in [0.15, 0.2) is 0 Å². The largest absolute Gasteiger partial charge is 0.311 e. The van der Waals surface area contributed by atoms with Crippen molar-refractivity contribution in [2.45, 2.75) is 84.7 Å². The summed E-state index contributed by atoms with van der Waals surface area (Å²) in [4.78, 5) is 2.76. The average Bonchev–Trinajstić information content (AvgIpc) is 2.37. The lowest BCUT2D eigenvalue weighted by Gasteiger charge is -2.49. The van der Waals surface area contributed by atoms with Crippen molar-refractivity contribution in [3.63, 3.8) is 0 Å². The maximum Gasteiger partial charge on any atom is 0.0278 e. The lowest BCUT2D eigenvalue weighted by atomic mass is 9.81. The minimum Gasteiger partial charge on any atom is -0.311 e. The average molecular weight is 280 g/mol. The molecule has 0 radical (unpaired) electrons. The third-order valence-electron chi connectivity index (χ3n) is 5.42. The summed E-state index contributed by atoms with van der Waals surface area (Å²) < 4.78 is 0. The first-order valence-corrected chi connectivity index (χ1v) is 8.76. The summed E-state index contributed by atoms with van der Waals surface area (Å²) in [5.41, 5.74) is 0.762. The van der Waals surface area contributed by atoms with Crippen molar-refractivity contribution in [3.8, 4) is 0 Å². The van der Waals surface area contributed by atoms with Crippen LogP contribution in [0.3, 0.4) is 0 Å². The minimum absolute atomic E-state index is 0.316. The Hall–Kier alpha value is -0.0800. The van der Waals surface area contributed by atoms with Gasteiger partial charge in [-0.05, 0) is 51.0 Å². The van der Waals surface area contributed by atoms with E-state index in [0.717, 1.165) is 18.5 Å². The standard InChI is InChI=1S/C18H36N2/c1-17(2,3)11-12-20-13-16(19-14-18(20,4)5)15-9-7-6-8-10-15/h15-16,19H,6-14H2,1-5H3. The molecule has 2 fully saturated rings. The van der Waals surface area contributed by atoms with Crippen LogP contribution in [0.4, 0.5) is 0 Å². The van der Waals surface area contributed by atoms with Gasteiger partial charge in [0.2, 0.25) is 0 Å². The van der Waals surface area contributed by atoms with Crippen molar-refractivity contribution in [1.29, 1.82) is 0 Å². The molecule has 1 saturated carbocycles. The molecule has 0 spiro atoms. The summed E-state index contributed by atoms with van der Waals surface area (Å²) in [7, 11) is 0. The Balaban J connectivity index is 1.92. The van der Waals surface area contributed by atoms with Gasteiger partial charge >= 0.3 is 0 Å². The van der Waals surface area contributed by atoms with Crippen molar-refractivity contribution in [1.82, 2.24) is 10.2 Å². The predicted octanol–water partition coefficient (Wildman–Crippen LogP) is 4.06. The first-order valence-electron chi connectivity index (χ1n) is 8.76. The van der Waals surface area contributed by atoms with Gasteiger partial charge in [-0.3, -0.25) is 4.90 Å². The van der Waals surface area contributed by atoms with Crippen LogP contribution in [0.5, 0.6) is 0 Å². The molecular weight excluding hydrogens is 244 g/mol. The van der Waals surface area contributed by atoms with Gasteiger partial charge in [-0.1, -0.05) is 40.0 Å². The predicted molar refractivity (Wildman–Crippen MR) is 88.1 cm³/mol. The SMILES string of the molecule is CC(C)(C)CCN1CC(C2CCCCC2)NCC1(C)C. The molecular formula is C18H36N2. The van der Waals surface area contributed by atoms with Crippen LogP contribution in [0.2, 0.25) is 0 Å². The maximum atomic E-state index is 3.86. The second-order valence-electron chi connectivity index (χ2n) is 8.95. The zero-order chi connectivity index (χ0) is 14.8. The fraction of sp³-hybridized carbons (Fsp3) is 1.00. The quantitative estimate of drug-likeness (QED) is 0.839. The lowest BCUT2D eigenvalue weighted by Crippen LogP contribution is -2.64. The third-order valence-corrected chi connectivity index (χ3v) is 5.42. The second kappa shape index (κ2) is 6.36. The zero-order valence-electron chi connectivity index (χ0n) is 14.5. The van der Waals surface area contributed by atoms with Crippen LogP contribution in [-0.2, 0) is 0 Å². The van der Waals surface area contributed by atoms with E-state index >= 15 is 0 Å². The fourth-order valence-electron chi connectivity index (χ4n) is 3.76. The van der Waals surface area contributed by atoms with Crippen molar-refractivity contribution < 1.29 is 0 Å². The van der Waals surface area contributed by atoms with Gasteiger partial charge in [-0.25, -0.2) is 0 Å². The second-order valence-corrected chi connectivity index (χ2v) is 8.95. The molecule has 1 unspecified atom stereocenters. The van der Waals surface area contributed by atoms with Gasteiger partial charge in [0.1, 0.15) is 0 Å². The number of rotatable bonds is 3. The molecule has 0 bridgehead atoms. The molecule has 2 heteroatoms. The van der Waals surface area contributed by atoms with Gasteiger partial charge in [-0.15, -0.1) is 0 Å². The monoisotopic (exact) mass is 280 g/mol. The number of nitrogens with zero attached hydrogens (tertiary/aromatic N) is 1. The van der Waals surface area contributed by atoms with Gasteiger partial charge in [0.15, 0.2) is 0 Å². The summed E-state index contributed by atoms with van der Waals surface area (Å²) in [6, 6.07) is 0.739. The van der Waals surface area contributed by atoms with E-state index in [-0.39, 0.29) is 0 Å². The molecule has 0 aromatic heterocycles. The third kappa shape index (κ3) is 4.46. The molecule has 1 aliphatic carbocycles. The first kappa shape index (κ1) is 16.3. The van der Waals surface area contributed by atoms with Gasteiger partial charge in [0, 0.05) is 24.7 Å². The number of hydrogen-bond acceptors (Lipinski definition) is 2. The zero-order valence-corrected chi connectivity index (χ0v) is 14.5. The Bertz CT molecular complexity index is 297. The Kier molecular flexibility index (Phi) is 5.18. The summed E-state index contributed by atoms with van der Waals surface area (Å²) in [6.45, 7) is 15.6. The first-order chi connectivity index (χ1) is 9.28. The molecule has 1 N–H and O–H groups in total. The Morgan fingerprint density at radius 1 is 1.10 bits per heavy atom. The van der Waals surface area contributed by atoms with Crippen LogP contribution >= 0.6 is 0 Å². The van der Waals surface area contributed by atoms with Gasteiger partial charge in [0.25, 0.3) is 0 Å². The van der Waals surface area contributed by atoms with Crippen LogP contribution in [0.25, 0.3) is 0 Å². The van der Waals surface area contributed by atoms with E-state index in [2.05, 4.69) is 44.8 Å². The van der Waals surface area contributed by atoms with Crippen LogP contribution in [0, 0.1) is 11.3 Å². The van der Waals surface area contributed by atoms with E-state index in [9.17, 15) is 0 Å². The van der Waals surface area contributed by atoms with Crippen molar-refractivity contribution >= 4 is 0 Å². The molecule has 2 rings (SSSR count). The van der Waals surface area contributed by atoms with Gasteiger partial charge in [0.05, 0.1) is 0 Å². The van der Waals surface area contributed by atoms with E-state index in [4.69, 9.17) is 0 Å². The van der Waals surface area contributed by atoms with E-state index < -0.39 is 0 Å². The highest BCUT2D eigenvalue weighted by Gasteiger charge is 2.37. The molecule has 1 saturated heterocycles. The lowest BCUT2D eigenvalue weighted by molar-refractivity contribution is 0.0360. The summed E-state index contributed by atoms with van der Waals surface area (Å²) in [6.07, 6.45) is 8.56. The minimum atomic E-state index is 0.316. The van der Waals surface area contributed by atoms with Crippen molar-refractivity contribution in [2.24, 2.45) is 11.3 Å². The van der Waals surface area contributed by atoms with Crippen LogP contribution in [-0.4, -0.2) is 36.1 Å². The van der Waals surface area contributed by atoms with Gasteiger partial charge in [-0.2, -0.15) is 0 Å². The molecule has 1 aliphatic heterocycles. The van der Waals surface area contributed by atoms with E-state index in [0.29, 0.717) is 11.0 Å².